The largest absolute Gasteiger partial charge is 0.481 e. The smallest absolute Gasteiger partial charge is 0.216 e. The van der Waals surface area contributed by atoms with Crippen molar-refractivity contribution in [1.29, 1.82) is 0 Å². The maximum Gasteiger partial charge on any atom is 0.216 e. The van der Waals surface area contributed by atoms with Gasteiger partial charge in [0, 0.05) is 17.2 Å². The topological polar surface area (TPSA) is 22.1 Å². The number of pyridine rings is 1. The minimum atomic E-state index is 0.662. The van der Waals surface area contributed by atoms with Crippen molar-refractivity contribution < 1.29 is 4.74 Å². The van der Waals surface area contributed by atoms with Gasteiger partial charge in [0.25, 0.3) is 0 Å². The quantitative estimate of drug-likeness (QED) is 0.690. The Labute approximate surface area is 78.9 Å². The molecule has 0 spiro atoms. The molecule has 0 amide bonds. The first-order valence-corrected chi connectivity index (χ1v) is 4.68. The van der Waals surface area contributed by atoms with Gasteiger partial charge in [-0.2, -0.15) is 0 Å². The van der Waals surface area contributed by atoms with Crippen LogP contribution in [0.3, 0.4) is 0 Å². The van der Waals surface area contributed by atoms with Gasteiger partial charge < -0.3 is 4.74 Å². The zero-order chi connectivity index (χ0) is 9.26. The van der Waals surface area contributed by atoms with E-state index in [1.807, 2.05) is 6.07 Å². The Balaban J connectivity index is 2.26. The first-order valence-electron chi connectivity index (χ1n) is 4.68. The average molecular weight is 176 g/mol. The molecule has 0 aliphatic heterocycles. The van der Waals surface area contributed by atoms with Crippen LogP contribution >= 0.6 is 0 Å². The number of aromatic nitrogens is 1. The second kappa shape index (κ2) is 3.36. The van der Waals surface area contributed by atoms with E-state index in [9.17, 15) is 0 Å². The number of nitrogens with zero attached hydrogens (tertiary/aromatic N) is 1. The lowest BCUT2D eigenvalue weighted by Crippen LogP contribution is -2.11. The molecule has 2 nitrogen and oxygen atoms in total. The van der Waals surface area contributed by atoms with Crippen molar-refractivity contribution in [2.45, 2.75) is 25.2 Å². The molecule has 0 saturated heterocycles. The third-order valence-electron chi connectivity index (χ3n) is 2.68. The van der Waals surface area contributed by atoms with E-state index in [-0.39, 0.29) is 0 Å². The Morgan fingerprint density at radius 1 is 1.46 bits per heavy atom. The fourth-order valence-electron chi connectivity index (χ4n) is 1.59. The van der Waals surface area contributed by atoms with Gasteiger partial charge in [0.05, 0.1) is 7.11 Å². The summed E-state index contributed by atoms with van der Waals surface area (Å²) in [4.78, 5) is 4.43. The monoisotopic (exact) mass is 176 g/mol. The molecule has 1 fully saturated rings. The van der Waals surface area contributed by atoms with Crippen LogP contribution in [0.15, 0.2) is 12.1 Å². The van der Waals surface area contributed by atoms with Crippen LogP contribution in [0.4, 0.5) is 0 Å². The van der Waals surface area contributed by atoms with Gasteiger partial charge in [-0.3, -0.25) is 0 Å². The van der Waals surface area contributed by atoms with Crippen LogP contribution in [-0.2, 0) is 0 Å². The van der Waals surface area contributed by atoms with E-state index in [2.05, 4.69) is 18.0 Å². The normalized spacial score (nSPS) is 16.8. The fourth-order valence-corrected chi connectivity index (χ4v) is 1.59. The first kappa shape index (κ1) is 8.54. The van der Waals surface area contributed by atoms with Crippen molar-refractivity contribution in [2.24, 2.45) is 0 Å². The molecule has 0 bridgehead atoms. The Morgan fingerprint density at radius 3 is 2.77 bits per heavy atom. The number of ether oxygens (including phenoxy) is 1. The summed E-state index contributed by atoms with van der Waals surface area (Å²) in [5.74, 6) is 1.33. The van der Waals surface area contributed by atoms with Crippen molar-refractivity contribution >= 4 is 0 Å². The molecule has 1 heterocycles. The molecule has 1 aromatic heterocycles. The lowest BCUT2D eigenvalue weighted by atomic mass is 9.82. The minimum absolute atomic E-state index is 0.662. The lowest BCUT2D eigenvalue weighted by Gasteiger charge is -2.25. The van der Waals surface area contributed by atoms with Gasteiger partial charge in [-0.05, 0) is 25.8 Å². The van der Waals surface area contributed by atoms with Crippen molar-refractivity contribution in [3.63, 3.8) is 0 Å². The van der Waals surface area contributed by atoms with Crippen LogP contribution in [0, 0.1) is 6.92 Å². The Hall–Kier alpha value is -1.05. The summed E-state index contributed by atoms with van der Waals surface area (Å²) in [6.07, 6.45) is 3.88. The summed E-state index contributed by atoms with van der Waals surface area (Å²) in [6, 6.07) is 4.05. The average Bonchev–Trinajstić information content (AvgIpc) is 2.05. The van der Waals surface area contributed by atoms with E-state index in [1.165, 1.54) is 19.3 Å². The van der Waals surface area contributed by atoms with E-state index < -0.39 is 0 Å². The van der Waals surface area contributed by atoms with E-state index in [0.717, 1.165) is 11.3 Å². The second-order valence-electron chi connectivity index (χ2n) is 3.53. The molecule has 2 heteroatoms. The summed E-state index contributed by atoms with van der Waals surface area (Å²) < 4.78 is 5.13. The van der Waals surface area contributed by atoms with Gasteiger partial charge >= 0.3 is 0 Å². The molecule has 69 valence electrons. The minimum Gasteiger partial charge on any atom is -0.481 e. The predicted molar refractivity (Wildman–Crippen MR) is 51.8 cm³/mol. The summed E-state index contributed by atoms with van der Waals surface area (Å²) >= 11 is 0. The Morgan fingerprint density at radius 2 is 2.23 bits per heavy atom. The standard InChI is InChI=1S/C11H14NO/c1-8-6-7-10(9-4-3-5-9)12-11(8)13-2/h6-7,9H,1,3-5H2,2H3. The molecule has 0 aromatic carbocycles. The van der Waals surface area contributed by atoms with E-state index >= 15 is 0 Å². The number of hydrogen-bond donors (Lipinski definition) is 0. The van der Waals surface area contributed by atoms with Gasteiger partial charge in [-0.15, -0.1) is 0 Å². The second-order valence-corrected chi connectivity index (χ2v) is 3.53. The summed E-state index contributed by atoms with van der Waals surface area (Å²) in [6.45, 7) is 3.85. The SMILES string of the molecule is [CH2]c1ccc(C2CCC2)nc1OC. The zero-order valence-corrected chi connectivity index (χ0v) is 7.92. The molecule has 13 heavy (non-hydrogen) atoms. The maximum atomic E-state index is 5.13. The molecule has 1 aromatic rings. The van der Waals surface area contributed by atoms with Crippen LogP contribution in [-0.4, -0.2) is 12.1 Å². The van der Waals surface area contributed by atoms with E-state index in [4.69, 9.17) is 4.74 Å². The summed E-state index contributed by atoms with van der Waals surface area (Å²) in [5.41, 5.74) is 2.03. The third-order valence-corrected chi connectivity index (χ3v) is 2.68. The van der Waals surface area contributed by atoms with Crippen LogP contribution < -0.4 is 4.74 Å². The molecule has 1 aliphatic rings. The Bertz CT molecular complexity index is 305. The number of methoxy groups -OCH3 is 1. The molecule has 0 unspecified atom stereocenters. The van der Waals surface area contributed by atoms with Gasteiger partial charge in [0.1, 0.15) is 0 Å². The van der Waals surface area contributed by atoms with Gasteiger partial charge in [-0.25, -0.2) is 4.98 Å². The highest BCUT2D eigenvalue weighted by molar-refractivity contribution is 5.32. The molecular weight excluding hydrogens is 162 g/mol. The van der Waals surface area contributed by atoms with Gasteiger partial charge in [-0.1, -0.05) is 12.5 Å². The molecule has 0 N–H and O–H groups in total. The highest BCUT2D eigenvalue weighted by Crippen LogP contribution is 2.36. The van der Waals surface area contributed by atoms with E-state index in [1.54, 1.807) is 7.11 Å². The highest BCUT2D eigenvalue weighted by Gasteiger charge is 2.21. The first-order chi connectivity index (χ1) is 6.31. The van der Waals surface area contributed by atoms with Gasteiger partial charge in [0.2, 0.25) is 5.88 Å². The predicted octanol–water partition coefficient (Wildman–Crippen LogP) is 2.54. The maximum absolute atomic E-state index is 5.13. The van der Waals surface area contributed by atoms with E-state index in [0.29, 0.717) is 11.8 Å². The Kier molecular flexibility index (Phi) is 2.21. The molecular formula is C11H14NO. The molecule has 2 rings (SSSR count). The number of rotatable bonds is 2. The lowest BCUT2D eigenvalue weighted by molar-refractivity contribution is 0.377. The summed E-state index contributed by atoms with van der Waals surface area (Å²) in [7, 11) is 1.64. The molecule has 0 atom stereocenters. The zero-order valence-electron chi connectivity index (χ0n) is 7.92. The molecule has 1 saturated carbocycles. The molecule has 1 aliphatic carbocycles. The van der Waals surface area contributed by atoms with Crippen molar-refractivity contribution in [3.05, 3.63) is 30.3 Å². The third kappa shape index (κ3) is 1.53. The fraction of sp³-hybridized carbons (Fsp3) is 0.455. The molecule has 1 radical (unpaired) electrons. The van der Waals surface area contributed by atoms with Crippen LogP contribution in [0.25, 0.3) is 0 Å². The van der Waals surface area contributed by atoms with Crippen molar-refractivity contribution in [1.82, 2.24) is 4.98 Å². The van der Waals surface area contributed by atoms with Crippen LogP contribution in [0.2, 0.25) is 0 Å². The van der Waals surface area contributed by atoms with Crippen LogP contribution in [0.5, 0.6) is 5.88 Å². The van der Waals surface area contributed by atoms with Gasteiger partial charge in [0.15, 0.2) is 0 Å². The number of hydrogen-bond acceptors (Lipinski definition) is 2. The highest BCUT2D eigenvalue weighted by atomic mass is 16.5. The van der Waals surface area contributed by atoms with Crippen molar-refractivity contribution in [2.75, 3.05) is 7.11 Å². The van der Waals surface area contributed by atoms with Crippen LogP contribution in [0.1, 0.15) is 36.4 Å². The summed E-state index contributed by atoms with van der Waals surface area (Å²) in [5, 5.41) is 0. The van der Waals surface area contributed by atoms with Crippen molar-refractivity contribution in [3.8, 4) is 5.88 Å².